The summed E-state index contributed by atoms with van der Waals surface area (Å²) in [5.74, 6) is -0.789. The molecule has 0 aliphatic carbocycles. The van der Waals surface area contributed by atoms with Crippen LogP contribution in [0.15, 0.2) is 33.8 Å². The van der Waals surface area contributed by atoms with Crippen molar-refractivity contribution in [1.29, 1.82) is 0 Å². The molecule has 8 heteroatoms. The predicted octanol–water partition coefficient (Wildman–Crippen LogP) is 3.95. The molecule has 2 rings (SSSR count). The fourth-order valence-electron chi connectivity index (χ4n) is 2.24. The van der Waals surface area contributed by atoms with Crippen LogP contribution in [-0.4, -0.2) is 33.6 Å². The Labute approximate surface area is 140 Å². The van der Waals surface area contributed by atoms with E-state index in [1.807, 2.05) is 0 Å². The Hall–Kier alpha value is -1.41. The lowest BCUT2D eigenvalue weighted by atomic mass is 9.80. The van der Waals surface area contributed by atoms with Gasteiger partial charge in [0.05, 0.1) is 0 Å². The Balaban J connectivity index is 2.50. The lowest BCUT2D eigenvalue weighted by molar-refractivity contribution is -0.144. The molecule has 0 saturated heterocycles. The van der Waals surface area contributed by atoms with E-state index in [2.05, 4.69) is 21.0 Å². The molecule has 1 N–H and O–H groups in total. The fourth-order valence-corrected chi connectivity index (χ4v) is 2.64. The molecule has 0 fully saturated rings. The van der Waals surface area contributed by atoms with Crippen molar-refractivity contribution in [1.82, 2.24) is 5.01 Å². The maximum absolute atomic E-state index is 13.0. The standard InChI is InChI=1S/C15H16BrF3N2O2/c1-13(2,3)14(23)8-11(15(17,18)19)20-21(14)12(22)9-5-4-6-10(16)7-9/h4-7,23H,8H2,1-3H3. The number of carbonyl (C=O) groups excluding carboxylic acids is 1. The summed E-state index contributed by atoms with van der Waals surface area (Å²) in [6.45, 7) is 4.68. The van der Waals surface area contributed by atoms with Gasteiger partial charge in [-0.25, -0.2) is 0 Å². The van der Waals surface area contributed by atoms with Gasteiger partial charge >= 0.3 is 6.18 Å². The number of amides is 1. The fraction of sp³-hybridized carbons (Fsp3) is 0.467. The van der Waals surface area contributed by atoms with Gasteiger partial charge in [-0.05, 0) is 18.2 Å². The minimum absolute atomic E-state index is 0.134. The summed E-state index contributed by atoms with van der Waals surface area (Å²) in [6.07, 6.45) is -5.47. The first-order valence-corrected chi connectivity index (χ1v) is 7.63. The molecular formula is C15H16BrF3N2O2. The molecule has 1 atom stereocenters. The van der Waals surface area contributed by atoms with Gasteiger partial charge in [-0.3, -0.25) is 4.79 Å². The highest BCUT2D eigenvalue weighted by Gasteiger charge is 2.57. The van der Waals surface area contributed by atoms with Crippen molar-refractivity contribution < 1.29 is 23.1 Å². The largest absolute Gasteiger partial charge is 0.431 e. The van der Waals surface area contributed by atoms with Crippen LogP contribution in [0.4, 0.5) is 13.2 Å². The highest BCUT2D eigenvalue weighted by atomic mass is 79.9. The van der Waals surface area contributed by atoms with E-state index in [1.54, 1.807) is 32.9 Å². The molecule has 4 nitrogen and oxygen atoms in total. The summed E-state index contributed by atoms with van der Waals surface area (Å²) >= 11 is 3.20. The zero-order valence-electron chi connectivity index (χ0n) is 12.8. The number of aliphatic hydroxyl groups is 1. The highest BCUT2D eigenvalue weighted by Crippen LogP contribution is 2.44. The molecule has 1 heterocycles. The van der Waals surface area contributed by atoms with Crippen LogP contribution in [0.3, 0.4) is 0 Å². The molecule has 1 aromatic carbocycles. The number of alkyl halides is 3. The molecule has 0 aromatic heterocycles. The van der Waals surface area contributed by atoms with Crippen LogP contribution in [0.2, 0.25) is 0 Å². The molecule has 1 aliphatic heterocycles. The number of benzene rings is 1. The molecule has 126 valence electrons. The van der Waals surface area contributed by atoms with Crippen molar-refractivity contribution in [2.45, 2.75) is 39.1 Å². The van der Waals surface area contributed by atoms with E-state index in [4.69, 9.17) is 0 Å². The number of halogens is 4. The monoisotopic (exact) mass is 392 g/mol. The smallest absolute Gasteiger partial charge is 0.368 e. The zero-order valence-corrected chi connectivity index (χ0v) is 14.4. The first-order valence-electron chi connectivity index (χ1n) is 6.83. The first-order chi connectivity index (χ1) is 10.4. The summed E-state index contributed by atoms with van der Waals surface area (Å²) in [6, 6.07) is 6.18. The second-order valence-electron chi connectivity index (χ2n) is 6.42. The summed E-state index contributed by atoms with van der Waals surface area (Å²) in [5.41, 5.74) is -4.12. The molecule has 1 aromatic rings. The average Bonchev–Trinajstić information content (AvgIpc) is 2.77. The minimum Gasteiger partial charge on any atom is -0.368 e. The molecule has 0 spiro atoms. The Morgan fingerprint density at radius 2 is 1.96 bits per heavy atom. The maximum Gasteiger partial charge on any atom is 0.431 e. The van der Waals surface area contributed by atoms with E-state index in [-0.39, 0.29) is 5.56 Å². The Kier molecular flexibility index (Phi) is 4.36. The van der Waals surface area contributed by atoms with Crippen LogP contribution >= 0.6 is 15.9 Å². The van der Waals surface area contributed by atoms with Crippen LogP contribution in [0.5, 0.6) is 0 Å². The van der Waals surface area contributed by atoms with Crippen molar-refractivity contribution in [3.63, 3.8) is 0 Å². The van der Waals surface area contributed by atoms with Gasteiger partial charge in [0, 0.05) is 21.9 Å². The van der Waals surface area contributed by atoms with Crippen molar-refractivity contribution in [2.75, 3.05) is 0 Å². The molecule has 0 bridgehead atoms. The van der Waals surface area contributed by atoms with Gasteiger partial charge in [0.1, 0.15) is 5.71 Å². The third-order valence-electron chi connectivity index (χ3n) is 3.78. The average molecular weight is 393 g/mol. The first kappa shape index (κ1) is 17.9. The lowest BCUT2D eigenvalue weighted by Gasteiger charge is -2.41. The van der Waals surface area contributed by atoms with E-state index < -0.39 is 35.4 Å². The molecule has 1 aliphatic rings. The summed E-state index contributed by atoms with van der Waals surface area (Å²) in [5, 5.41) is 14.7. The van der Waals surface area contributed by atoms with Crippen molar-refractivity contribution >= 4 is 27.5 Å². The van der Waals surface area contributed by atoms with Gasteiger partial charge in [-0.1, -0.05) is 42.8 Å². The lowest BCUT2D eigenvalue weighted by Crippen LogP contribution is -2.55. The normalized spacial score (nSPS) is 22.3. The Morgan fingerprint density at radius 1 is 1.35 bits per heavy atom. The van der Waals surface area contributed by atoms with E-state index in [9.17, 15) is 23.1 Å². The van der Waals surface area contributed by atoms with Crippen LogP contribution in [0.25, 0.3) is 0 Å². The zero-order chi connectivity index (χ0) is 17.6. The van der Waals surface area contributed by atoms with E-state index >= 15 is 0 Å². The SMILES string of the molecule is CC(C)(C)C1(O)CC(C(F)(F)F)=NN1C(=O)c1cccc(Br)c1. The van der Waals surface area contributed by atoms with Crippen molar-refractivity contribution in [2.24, 2.45) is 10.5 Å². The predicted molar refractivity (Wildman–Crippen MR) is 82.8 cm³/mol. The molecule has 23 heavy (non-hydrogen) atoms. The molecule has 0 saturated carbocycles. The van der Waals surface area contributed by atoms with Gasteiger partial charge in [-0.2, -0.15) is 23.3 Å². The maximum atomic E-state index is 13.0. The molecule has 1 unspecified atom stereocenters. The second-order valence-corrected chi connectivity index (χ2v) is 7.33. The topological polar surface area (TPSA) is 52.9 Å². The van der Waals surface area contributed by atoms with Gasteiger partial charge in [0.25, 0.3) is 5.91 Å². The van der Waals surface area contributed by atoms with Crippen LogP contribution in [0, 0.1) is 5.41 Å². The minimum atomic E-state index is -4.70. The van der Waals surface area contributed by atoms with E-state index in [1.165, 1.54) is 12.1 Å². The number of hydrogen-bond acceptors (Lipinski definition) is 3. The molecular weight excluding hydrogens is 377 g/mol. The Morgan fingerprint density at radius 3 is 2.43 bits per heavy atom. The van der Waals surface area contributed by atoms with Crippen LogP contribution < -0.4 is 0 Å². The van der Waals surface area contributed by atoms with Crippen LogP contribution in [0.1, 0.15) is 37.6 Å². The molecule has 0 radical (unpaired) electrons. The van der Waals surface area contributed by atoms with Gasteiger partial charge < -0.3 is 5.11 Å². The van der Waals surface area contributed by atoms with Crippen molar-refractivity contribution in [3.05, 3.63) is 34.3 Å². The second kappa shape index (κ2) is 5.59. The number of hydrogen-bond donors (Lipinski definition) is 1. The molecule has 1 amide bonds. The van der Waals surface area contributed by atoms with Gasteiger partial charge in [0.2, 0.25) is 0 Å². The number of hydrazone groups is 1. The van der Waals surface area contributed by atoms with E-state index in [0.717, 1.165) is 0 Å². The van der Waals surface area contributed by atoms with E-state index in [0.29, 0.717) is 9.48 Å². The van der Waals surface area contributed by atoms with Crippen molar-refractivity contribution in [3.8, 4) is 0 Å². The van der Waals surface area contributed by atoms with Crippen LogP contribution in [-0.2, 0) is 0 Å². The van der Waals surface area contributed by atoms with Gasteiger partial charge in [-0.15, -0.1) is 0 Å². The number of rotatable bonds is 1. The third kappa shape index (κ3) is 3.28. The Bertz CT molecular complexity index is 667. The quantitative estimate of drug-likeness (QED) is 0.786. The highest BCUT2D eigenvalue weighted by molar-refractivity contribution is 9.10. The summed E-state index contributed by atoms with van der Waals surface area (Å²) in [7, 11) is 0. The summed E-state index contributed by atoms with van der Waals surface area (Å²) in [4.78, 5) is 12.6. The number of nitrogens with zero attached hydrogens (tertiary/aromatic N) is 2. The third-order valence-corrected chi connectivity index (χ3v) is 4.27. The van der Waals surface area contributed by atoms with Gasteiger partial charge in [0.15, 0.2) is 5.72 Å². The number of carbonyl (C=O) groups is 1. The summed E-state index contributed by atoms with van der Waals surface area (Å²) < 4.78 is 39.6.